The molecule has 0 aliphatic rings. The first kappa shape index (κ1) is 19.3. The van der Waals surface area contributed by atoms with E-state index in [4.69, 9.17) is 9.47 Å². The summed E-state index contributed by atoms with van der Waals surface area (Å²) in [6.07, 6.45) is 0.623. The first-order valence-corrected chi connectivity index (χ1v) is 8.94. The Morgan fingerprint density at radius 3 is 2.26 bits per heavy atom. The van der Waals surface area contributed by atoms with Crippen molar-refractivity contribution in [3.8, 4) is 11.4 Å². The molecule has 7 nitrogen and oxygen atoms in total. The molecule has 3 aromatic rings. The van der Waals surface area contributed by atoms with E-state index in [1.165, 1.54) is 4.80 Å². The van der Waals surface area contributed by atoms with Gasteiger partial charge >= 0.3 is 0 Å². The number of rotatable bonds is 8. The van der Waals surface area contributed by atoms with Crippen LogP contribution >= 0.6 is 0 Å². The van der Waals surface area contributed by atoms with Crippen LogP contribution in [0.3, 0.4) is 0 Å². The molecule has 0 unspecified atom stereocenters. The van der Waals surface area contributed by atoms with Crippen molar-refractivity contribution in [1.29, 1.82) is 0 Å². The highest BCUT2D eigenvalue weighted by atomic mass is 16.7. The molecule has 0 spiro atoms. The van der Waals surface area contributed by atoms with Crippen LogP contribution in [-0.4, -0.2) is 72.3 Å². The predicted octanol–water partition coefficient (Wildman–Crippen LogP) is 2.36. The fourth-order valence-corrected chi connectivity index (χ4v) is 3.02. The summed E-state index contributed by atoms with van der Waals surface area (Å²) >= 11 is 0. The van der Waals surface area contributed by atoms with Gasteiger partial charge in [-0.05, 0) is 29.8 Å². The number of likely N-dealkylation sites (N-methyl/N-ethyl adjacent to an activating group) is 1. The zero-order valence-corrected chi connectivity index (χ0v) is 16.3. The number of hydrogen-bond acceptors (Lipinski definition) is 5. The number of quaternary nitrogens is 1. The van der Waals surface area contributed by atoms with Gasteiger partial charge in [0.2, 0.25) is 6.29 Å². The molecule has 3 rings (SSSR count). The van der Waals surface area contributed by atoms with Gasteiger partial charge in [0.1, 0.15) is 29.0 Å². The molecule has 1 N–H and O–H groups in total. The maximum absolute atomic E-state index is 10.3. The van der Waals surface area contributed by atoms with Crippen LogP contribution in [-0.2, 0) is 15.9 Å². The van der Waals surface area contributed by atoms with Gasteiger partial charge in [0, 0.05) is 20.6 Å². The third kappa shape index (κ3) is 4.63. The third-order valence-electron chi connectivity index (χ3n) is 4.72. The number of nitrogens with zero attached hydrogens (tertiary/aromatic N) is 4. The number of phenolic OH excluding ortho intramolecular Hbond substituents is 1. The van der Waals surface area contributed by atoms with Gasteiger partial charge in [0.05, 0.1) is 20.6 Å². The van der Waals surface area contributed by atoms with Crippen LogP contribution < -0.4 is 0 Å². The molecule has 0 aliphatic heterocycles. The number of methoxy groups -OCH3 is 2. The molecular weight excluding hydrogens is 344 g/mol. The molecule has 0 saturated carbocycles. The number of fused-ring (bicyclic) bond motifs is 1. The van der Waals surface area contributed by atoms with Crippen LogP contribution in [0.15, 0.2) is 42.5 Å². The molecule has 0 radical (unpaired) electrons. The number of aromatic hydroxyl groups is 1. The number of hydrogen-bond donors (Lipinski definition) is 1. The second-order valence-electron chi connectivity index (χ2n) is 7.29. The van der Waals surface area contributed by atoms with Gasteiger partial charge in [-0.15, -0.1) is 15.0 Å². The van der Waals surface area contributed by atoms with Gasteiger partial charge in [0.25, 0.3) is 0 Å². The summed E-state index contributed by atoms with van der Waals surface area (Å²) in [5, 5.41) is 19.2. The van der Waals surface area contributed by atoms with E-state index in [1.807, 2.05) is 36.4 Å². The topological polar surface area (TPSA) is 69.4 Å². The Balaban J connectivity index is 1.77. The fraction of sp³-hybridized carbons (Fsp3) is 0.400. The van der Waals surface area contributed by atoms with Crippen LogP contribution in [0.25, 0.3) is 16.7 Å². The SMILES string of the molecule is COC(C[N+](C)(C)CCc1ccc(O)c(-n2nc3ccccc3n2)c1)OC. The molecular formula is C20H27N4O3+. The van der Waals surface area contributed by atoms with E-state index in [2.05, 4.69) is 24.3 Å². The summed E-state index contributed by atoms with van der Waals surface area (Å²) < 4.78 is 11.4. The predicted molar refractivity (Wildman–Crippen MR) is 104 cm³/mol. The number of aromatic nitrogens is 3. The number of phenols is 1. The third-order valence-corrected chi connectivity index (χ3v) is 4.72. The van der Waals surface area contributed by atoms with Crippen molar-refractivity contribution in [1.82, 2.24) is 15.0 Å². The van der Waals surface area contributed by atoms with E-state index in [9.17, 15) is 5.11 Å². The first-order chi connectivity index (χ1) is 12.9. The maximum atomic E-state index is 10.3. The quantitative estimate of drug-likeness (QED) is 0.486. The van der Waals surface area contributed by atoms with Gasteiger partial charge < -0.3 is 19.1 Å². The Labute approximate surface area is 159 Å². The summed E-state index contributed by atoms with van der Waals surface area (Å²) in [7, 11) is 7.60. The van der Waals surface area contributed by atoms with Crippen molar-refractivity contribution >= 4 is 11.0 Å². The van der Waals surface area contributed by atoms with E-state index in [0.29, 0.717) is 5.69 Å². The van der Waals surface area contributed by atoms with E-state index < -0.39 is 0 Å². The smallest absolute Gasteiger partial charge is 0.207 e. The van der Waals surface area contributed by atoms with Crippen molar-refractivity contribution in [2.24, 2.45) is 0 Å². The van der Waals surface area contributed by atoms with E-state index in [-0.39, 0.29) is 12.0 Å². The summed E-state index contributed by atoms with van der Waals surface area (Å²) in [5.41, 5.74) is 3.29. The van der Waals surface area contributed by atoms with Gasteiger partial charge in [-0.1, -0.05) is 18.2 Å². The zero-order valence-electron chi connectivity index (χ0n) is 16.3. The highest BCUT2D eigenvalue weighted by Crippen LogP contribution is 2.23. The van der Waals surface area contributed by atoms with Crippen LogP contribution in [0.1, 0.15) is 5.56 Å². The molecule has 0 aliphatic carbocycles. The van der Waals surface area contributed by atoms with Crippen molar-refractivity contribution in [2.45, 2.75) is 12.7 Å². The standard InChI is InChI=1S/C20H26N4O3/c1-24(2,14-20(26-3)27-4)12-11-15-9-10-19(25)18(13-15)23-21-16-7-5-6-8-17(16)22-23/h5-10,13,20H,11-12,14H2,1-4H3/p+1. The minimum Gasteiger partial charge on any atom is -0.506 e. The van der Waals surface area contributed by atoms with Crippen molar-refractivity contribution in [2.75, 3.05) is 41.4 Å². The molecule has 2 aromatic carbocycles. The Kier molecular flexibility index (Phi) is 5.74. The molecule has 0 atom stereocenters. The van der Waals surface area contributed by atoms with Crippen LogP contribution in [0, 0.1) is 0 Å². The van der Waals surface area contributed by atoms with Crippen molar-refractivity contribution < 1.29 is 19.1 Å². The van der Waals surface area contributed by atoms with Crippen molar-refractivity contribution in [3.63, 3.8) is 0 Å². The minimum atomic E-state index is -0.226. The monoisotopic (exact) mass is 371 g/mol. The molecule has 1 aromatic heterocycles. The molecule has 7 heteroatoms. The summed E-state index contributed by atoms with van der Waals surface area (Å²) in [4.78, 5) is 1.50. The minimum absolute atomic E-state index is 0.159. The fourth-order valence-electron chi connectivity index (χ4n) is 3.02. The molecule has 144 valence electrons. The van der Waals surface area contributed by atoms with E-state index in [0.717, 1.165) is 40.6 Å². The molecule has 0 amide bonds. The zero-order chi connectivity index (χ0) is 19.4. The largest absolute Gasteiger partial charge is 0.506 e. The molecule has 0 fully saturated rings. The Morgan fingerprint density at radius 2 is 1.67 bits per heavy atom. The maximum Gasteiger partial charge on any atom is 0.207 e. The number of benzene rings is 2. The Morgan fingerprint density at radius 1 is 1.04 bits per heavy atom. The lowest BCUT2D eigenvalue weighted by atomic mass is 10.1. The molecule has 1 heterocycles. The lowest BCUT2D eigenvalue weighted by Gasteiger charge is -2.32. The average Bonchev–Trinajstić information content (AvgIpc) is 3.09. The van der Waals surface area contributed by atoms with Gasteiger partial charge in [-0.2, -0.15) is 0 Å². The average molecular weight is 371 g/mol. The second-order valence-corrected chi connectivity index (χ2v) is 7.29. The Bertz CT molecular complexity index is 870. The van der Waals surface area contributed by atoms with Crippen LogP contribution in [0.2, 0.25) is 0 Å². The van der Waals surface area contributed by atoms with E-state index in [1.54, 1.807) is 20.3 Å². The summed E-state index contributed by atoms with van der Waals surface area (Å²) in [6.45, 7) is 1.66. The van der Waals surface area contributed by atoms with Crippen LogP contribution in [0.4, 0.5) is 0 Å². The van der Waals surface area contributed by atoms with Crippen LogP contribution in [0.5, 0.6) is 5.75 Å². The molecule has 0 saturated heterocycles. The van der Waals surface area contributed by atoms with Crippen molar-refractivity contribution in [3.05, 3.63) is 48.0 Å². The van der Waals surface area contributed by atoms with E-state index >= 15 is 0 Å². The normalized spacial score (nSPS) is 12.2. The lowest BCUT2D eigenvalue weighted by molar-refractivity contribution is -0.895. The second kappa shape index (κ2) is 8.04. The molecule has 27 heavy (non-hydrogen) atoms. The first-order valence-electron chi connectivity index (χ1n) is 8.94. The highest BCUT2D eigenvalue weighted by molar-refractivity contribution is 5.73. The van der Waals surface area contributed by atoms with Gasteiger partial charge in [0.15, 0.2) is 0 Å². The van der Waals surface area contributed by atoms with Gasteiger partial charge in [-0.3, -0.25) is 0 Å². The highest BCUT2D eigenvalue weighted by Gasteiger charge is 2.22. The summed E-state index contributed by atoms with van der Waals surface area (Å²) in [5.74, 6) is 0.159. The number of ether oxygens (including phenoxy) is 2. The lowest BCUT2D eigenvalue weighted by Crippen LogP contribution is -2.47. The molecule has 0 bridgehead atoms. The Hall–Kier alpha value is -2.48. The van der Waals surface area contributed by atoms with Gasteiger partial charge in [-0.25, -0.2) is 0 Å². The summed E-state index contributed by atoms with van der Waals surface area (Å²) in [6, 6.07) is 13.2.